The predicted octanol–water partition coefficient (Wildman–Crippen LogP) is 10.4. The van der Waals surface area contributed by atoms with Crippen LogP contribution < -0.4 is 4.90 Å². The normalized spacial score (nSPS) is 13.3. The third kappa shape index (κ3) is 3.17. The molecule has 40 heavy (non-hydrogen) atoms. The minimum atomic E-state index is -0.334. The van der Waals surface area contributed by atoms with Gasteiger partial charge < -0.3 is 9.32 Å². The highest BCUT2D eigenvalue weighted by Gasteiger charge is 2.42. The van der Waals surface area contributed by atoms with Crippen molar-refractivity contribution in [1.82, 2.24) is 0 Å². The molecule has 190 valence electrons. The molecule has 0 N–H and O–H groups in total. The smallest absolute Gasteiger partial charge is 0.159 e. The first-order chi connectivity index (χ1) is 19.7. The lowest BCUT2D eigenvalue weighted by Gasteiger charge is -2.28. The lowest BCUT2D eigenvalue weighted by molar-refractivity contribution is 0.638. The van der Waals surface area contributed by atoms with E-state index in [1.807, 2.05) is 0 Å². The summed E-state index contributed by atoms with van der Waals surface area (Å²) in [5, 5.41) is 2.26. The Bertz CT molecular complexity index is 1940. The van der Waals surface area contributed by atoms with Gasteiger partial charge in [-0.3, -0.25) is 0 Å². The molecule has 0 spiro atoms. The molecule has 0 atom stereocenters. The molecule has 0 fully saturated rings. The lowest BCUT2D eigenvalue weighted by Crippen LogP contribution is -2.22. The SMILES string of the molecule is CC1(c2cccc3c2oc2c(N(c4ccccc4)c4ccccc4)cccc23)c2ccccc2-c2ccccc21. The number of nitrogens with zero attached hydrogens (tertiary/aromatic N) is 1. The van der Waals surface area contributed by atoms with Crippen molar-refractivity contribution in [3.63, 3.8) is 0 Å². The van der Waals surface area contributed by atoms with E-state index in [1.165, 1.54) is 27.8 Å². The van der Waals surface area contributed by atoms with Gasteiger partial charge in [-0.1, -0.05) is 115 Å². The van der Waals surface area contributed by atoms with Crippen LogP contribution in [0.15, 0.2) is 150 Å². The van der Waals surface area contributed by atoms with Crippen LogP contribution in [-0.4, -0.2) is 0 Å². The zero-order valence-corrected chi connectivity index (χ0v) is 22.2. The van der Waals surface area contributed by atoms with Gasteiger partial charge in [0.25, 0.3) is 0 Å². The average Bonchev–Trinajstić information content (AvgIpc) is 3.53. The second-order valence-electron chi connectivity index (χ2n) is 10.7. The van der Waals surface area contributed by atoms with E-state index in [-0.39, 0.29) is 5.41 Å². The van der Waals surface area contributed by atoms with Gasteiger partial charge in [0.05, 0.1) is 5.69 Å². The summed E-state index contributed by atoms with van der Waals surface area (Å²) < 4.78 is 7.00. The number of furan rings is 1. The van der Waals surface area contributed by atoms with Crippen molar-refractivity contribution in [2.45, 2.75) is 12.3 Å². The molecule has 0 amide bonds. The summed E-state index contributed by atoms with van der Waals surface area (Å²) in [4.78, 5) is 2.28. The molecule has 1 aliphatic carbocycles. The van der Waals surface area contributed by atoms with Gasteiger partial charge in [-0.25, -0.2) is 0 Å². The molecule has 0 bridgehead atoms. The number of fused-ring (bicyclic) bond motifs is 6. The average molecular weight is 514 g/mol. The Hall–Kier alpha value is -5.08. The van der Waals surface area contributed by atoms with E-state index in [2.05, 4.69) is 157 Å². The van der Waals surface area contributed by atoms with Crippen LogP contribution in [0.4, 0.5) is 17.1 Å². The van der Waals surface area contributed by atoms with Crippen LogP contribution in [0.25, 0.3) is 33.1 Å². The van der Waals surface area contributed by atoms with E-state index < -0.39 is 0 Å². The van der Waals surface area contributed by atoms with Crippen molar-refractivity contribution in [2.24, 2.45) is 0 Å². The minimum Gasteiger partial charge on any atom is -0.454 e. The summed E-state index contributed by atoms with van der Waals surface area (Å²) >= 11 is 0. The maximum Gasteiger partial charge on any atom is 0.159 e. The summed E-state index contributed by atoms with van der Waals surface area (Å²) in [7, 11) is 0. The number of para-hydroxylation sites is 4. The van der Waals surface area contributed by atoms with E-state index in [0.717, 1.165) is 39.0 Å². The second kappa shape index (κ2) is 8.72. The second-order valence-corrected chi connectivity index (χ2v) is 10.7. The van der Waals surface area contributed by atoms with Gasteiger partial charge in [-0.2, -0.15) is 0 Å². The van der Waals surface area contributed by atoms with Crippen molar-refractivity contribution in [3.8, 4) is 11.1 Å². The van der Waals surface area contributed by atoms with Crippen LogP contribution in [-0.2, 0) is 5.41 Å². The van der Waals surface area contributed by atoms with Crippen molar-refractivity contribution in [3.05, 3.63) is 162 Å². The molecule has 0 unspecified atom stereocenters. The Morgan fingerprint density at radius 3 is 1.52 bits per heavy atom. The van der Waals surface area contributed by atoms with E-state index in [1.54, 1.807) is 0 Å². The lowest BCUT2D eigenvalue weighted by atomic mass is 9.74. The number of hydrogen-bond donors (Lipinski definition) is 0. The van der Waals surface area contributed by atoms with Gasteiger partial charge in [0.1, 0.15) is 5.58 Å². The molecule has 1 aromatic heterocycles. The highest BCUT2D eigenvalue weighted by atomic mass is 16.3. The molecule has 8 rings (SSSR count). The summed E-state index contributed by atoms with van der Waals surface area (Å²) in [6.45, 7) is 2.35. The number of benzene rings is 6. The Labute approximate surface area is 233 Å². The highest BCUT2D eigenvalue weighted by Crippen LogP contribution is 2.54. The largest absolute Gasteiger partial charge is 0.454 e. The first kappa shape index (κ1) is 22.9. The van der Waals surface area contributed by atoms with Crippen LogP contribution in [0.1, 0.15) is 23.6 Å². The van der Waals surface area contributed by atoms with Crippen LogP contribution in [0.3, 0.4) is 0 Å². The fraction of sp³-hybridized carbons (Fsp3) is 0.0526. The Morgan fingerprint density at radius 1 is 0.450 bits per heavy atom. The van der Waals surface area contributed by atoms with E-state index in [4.69, 9.17) is 4.42 Å². The topological polar surface area (TPSA) is 16.4 Å². The minimum absolute atomic E-state index is 0.334. The fourth-order valence-electron chi connectivity index (χ4n) is 6.70. The Morgan fingerprint density at radius 2 is 0.925 bits per heavy atom. The molecule has 2 nitrogen and oxygen atoms in total. The van der Waals surface area contributed by atoms with Gasteiger partial charge in [0.2, 0.25) is 0 Å². The molecule has 1 heterocycles. The quantitative estimate of drug-likeness (QED) is 0.233. The van der Waals surface area contributed by atoms with Crippen LogP contribution in [0.2, 0.25) is 0 Å². The monoisotopic (exact) mass is 513 g/mol. The first-order valence-electron chi connectivity index (χ1n) is 13.8. The van der Waals surface area contributed by atoms with Gasteiger partial charge in [-0.05, 0) is 59.5 Å². The predicted molar refractivity (Wildman–Crippen MR) is 166 cm³/mol. The van der Waals surface area contributed by atoms with Crippen molar-refractivity contribution < 1.29 is 4.42 Å². The molecule has 0 saturated carbocycles. The molecule has 0 aliphatic heterocycles. The van der Waals surface area contributed by atoms with Gasteiger partial charge in [0.15, 0.2) is 5.58 Å². The fourth-order valence-corrected chi connectivity index (χ4v) is 6.70. The molecule has 0 radical (unpaired) electrons. The molecule has 6 aromatic carbocycles. The van der Waals surface area contributed by atoms with Gasteiger partial charge >= 0.3 is 0 Å². The Kier molecular flexibility index (Phi) is 4.99. The molecule has 1 aliphatic rings. The number of hydrogen-bond acceptors (Lipinski definition) is 2. The van der Waals surface area contributed by atoms with Crippen molar-refractivity contribution in [1.29, 1.82) is 0 Å². The van der Waals surface area contributed by atoms with Crippen molar-refractivity contribution in [2.75, 3.05) is 4.90 Å². The molecule has 2 heteroatoms. The Balaban J connectivity index is 1.42. The summed E-state index contributed by atoms with van der Waals surface area (Å²) in [6.07, 6.45) is 0. The third-order valence-electron chi connectivity index (χ3n) is 8.53. The summed E-state index contributed by atoms with van der Waals surface area (Å²) in [6, 6.07) is 51.7. The molecular formula is C38H27NO. The first-order valence-corrected chi connectivity index (χ1v) is 13.8. The van der Waals surface area contributed by atoms with E-state index in [0.29, 0.717) is 0 Å². The van der Waals surface area contributed by atoms with Crippen molar-refractivity contribution >= 4 is 39.0 Å². The van der Waals surface area contributed by atoms with Crippen LogP contribution in [0.5, 0.6) is 0 Å². The molecule has 0 saturated heterocycles. The summed E-state index contributed by atoms with van der Waals surface area (Å²) in [5.74, 6) is 0. The maximum atomic E-state index is 7.00. The standard InChI is InChI=1S/C38H27NO/c1-38(32-22-10-8-18-28(32)29-19-9-11-23-33(29)38)34-24-12-20-30-31-21-13-25-35(37(31)40-36(30)34)39(26-14-4-2-5-15-26)27-16-6-3-7-17-27/h2-25H,1H3. The van der Waals surface area contributed by atoms with E-state index in [9.17, 15) is 0 Å². The number of rotatable bonds is 4. The van der Waals surface area contributed by atoms with E-state index >= 15 is 0 Å². The van der Waals surface area contributed by atoms with Gasteiger partial charge in [0, 0.05) is 33.1 Å². The van der Waals surface area contributed by atoms with Crippen LogP contribution >= 0.6 is 0 Å². The third-order valence-corrected chi connectivity index (χ3v) is 8.53. The van der Waals surface area contributed by atoms with Crippen LogP contribution in [0, 0.1) is 0 Å². The van der Waals surface area contributed by atoms with Gasteiger partial charge in [-0.15, -0.1) is 0 Å². The zero-order chi connectivity index (χ0) is 26.7. The zero-order valence-electron chi connectivity index (χ0n) is 22.2. The maximum absolute atomic E-state index is 7.00. The molecular weight excluding hydrogens is 486 g/mol. The molecule has 7 aromatic rings. The highest BCUT2D eigenvalue weighted by molar-refractivity contribution is 6.11. The summed E-state index contributed by atoms with van der Waals surface area (Å²) in [5.41, 5.74) is 11.1. The number of anilines is 3.